The molecule has 3 rings (SSSR count). The molecule has 160 valence electrons. The van der Waals surface area contributed by atoms with Gasteiger partial charge in [-0.3, -0.25) is 4.68 Å². The summed E-state index contributed by atoms with van der Waals surface area (Å²) in [5.74, 6) is -0.499. The molecule has 0 aliphatic carbocycles. The molecule has 0 bridgehead atoms. The first kappa shape index (κ1) is 22.0. The molecule has 1 aromatic carbocycles. The lowest BCUT2D eigenvalue weighted by Crippen LogP contribution is -2.32. The number of ether oxygens (including phenoxy) is 2. The number of esters is 1. The van der Waals surface area contributed by atoms with Gasteiger partial charge < -0.3 is 9.47 Å². The lowest BCUT2D eigenvalue weighted by molar-refractivity contribution is 0.0600. The molecule has 1 unspecified atom stereocenters. The number of hydrogen-bond acceptors (Lipinski definition) is 7. The molecule has 0 saturated heterocycles. The molecule has 30 heavy (non-hydrogen) atoms. The number of sulfonamides is 1. The molecule has 0 radical (unpaired) electrons. The van der Waals surface area contributed by atoms with E-state index in [4.69, 9.17) is 9.47 Å². The summed E-state index contributed by atoms with van der Waals surface area (Å²) in [5, 5.41) is 8.42. The highest BCUT2D eigenvalue weighted by molar-refractivity contribution is 7.89. The standard InChI is InChI=1S/C20H23N3O5S2/c1-13-9-14(2)23(22-13)17(16-7-8-29-12-16)11-21-30(25,26)19-10-15(20(24)28-4)5-6-18(19)27-3/h5-10,12,17,21H,11H2,1-4H3. The summed E-state index contributed by atoms with van der Waals surface area (Å²) >= 11 is 1.53. The van der Waals surface area contributed by atoms with Gasteiger partial charge in [0.1, 0.15) is 10.6 Å². The molecule has 0 amide bonds. The number of nitrogens with one attached hydrogen (secondary N) is 1. The Morgan fingerprint density at radius 2 is 2.00 bits per heavy atom. The van der Waals surface area contributed by atoms with Crippen LogP contribution in [0.4, 0.5) is 0 Å². The summed E-state index contributed by atoms with van der Waals surface area (Å²) in [4.78, 5) is 11.7. The summed E-state index contributed by atoms with van der Waals surface area (Å²) in [6.45, 7) is 3.89. The monoisotopic (exact) mass is 449 g/mol. The minimum Gasteiger partial charge on any atom is -0.495 e. The Hall–Kier alpha value is -2.69. The van der Waals surface area contributed by atoms with E-state index in [0.717, 1.165) is 17.0 Å². The summed E-state index contributed by atoms with van der Waals surface area (Å²) in [6, 6.07) is 7.69. The molecule has 2 heterocycles. The van der Waals surface area contributed by atoms with E-state index in [1.165, 1.54) is 43.8 Å². The fourth-order valence-corrected chi connectivity index (χ4v) is 5.11. The van der Waals surface area contributed by atoms with Crippen molar-refractivity contribution in [1.29, 1.82) is 0 Å². The van der Waals surface area contributed by atoms with E-state index in [2.05, 4.69) is 9.82 Å². The molecule has 0 fully saturated rings. The molecule has 3 aromatic rings. The zero-order valence-electron chi connectivity index (χ0n) is 17.1. The summed E-state index contributed by atoms with van der Waals surface area (Å²) in [7, 11) is -1.38. The van der Waals surface area contributed by atoms with Gasteiger partial charge in [-0.25, -0.2) is 17.9 Å². The normalized spacial score (nSPS) is 12.5. The van der Waals surface area contributed by atoms with Gasteiger partial charge in [0.15, 0.2) is 0 Å². The predicted molar refractivity (Wildman–Crippen MR) is 114 cm³/mol. The van der Waals surface area contributed by atoms with Crippen molar-refractivity contribution >= 4 is 27.3 Å². The minimum atomic E-state index is -3.99. The summed E-state index contributed by atoms with van der Waals surface area (Å²) in [5.41, 5.74) is 2.84. The fourth-order valence-electron chi connectivity index (χ4n) is 3.17. The number of rotatable bonds is 8. The maximum atomic E-state index is 13.1. The van der Waals surface area contributed by atoms with E-state index in [1.54, 1.807) is 0 Å². The highest BCUT2D eigenvalue weighted by atomic mass is 32.2. The van der Waals surface area contributed by atoms with Crippen molar-refractivity contribution in [3.63, 3.8) is 0 Å². The molecular formula is C20H23N3O5S2. The first-order chi connectivity index (χ1) is 14.3. The van der Waals surface area contributed by atoms with Crippen LogP contribution in [0.1, 0.15) is 33.4 Å². The van der Waals surface area contributed by atoms with Gasteiger partial charge >= 0.3 is 5.97 Å². The van der Waals surface area contributed by atoms with Crippen LogP contribution in [0.2, 0.25) is 0 Å². The van der Waals surface area contributed by atoms with Crippen LogP contribution < -0.4 is 9.46 Å². The maximum Gasteiger partial charge on any atom is 0.337 e. The average molecular weight is 450 g/mol. The van der Waals surface area contributed by atoms with Crippen LogP contribution >= 0.6 is 11.3 Å². The van der Waals surface area contributed by atoms with Gasteiger partial charge in [0.2, 0.25) is 10.0 Å². The van der Waals surface area contributed by atoms with Crippen LogP contribution in [0.15, 0.2) is 46.0 Å². The highest BCUT2D eigenvalue weighted by Crippen LogP contribution is 2.27. The van der Waals surface area contributed by atoms with Crippen LogP contribution in [0, 0.1) is 13.8 Å². The molecule has 8 nitrogen and oxygen atoms in total. The number of nitrogens with zero attached hydrogens (tertiary/aromatic N) is 2. The first-order valence-electron chi connectivity index (χ1n) is 9.07. The van der Waals surface area contributed by atoms with Gasteiger partial charge in [0.25, 0.3) is 0 Å². The van der Waals surface area contributed by atoms with Crippen molar-refractivity contribution in [3.05, 3.63) is 63.6 Å². The largest absolute Gasteiger partial charge is 0.495 e. The van der Waals surface area contributed by atoms with Crippen molar-refractivity contribution in [2.24, 2.45) is 0 Å². The van der Waals surface area contributed by atoms with Gasteiger partial charge in [-0.1, -0.05) is 0 Å². The van der Waals surface area contributed by atoms with E-state index in [1.807, 2.05) is 41.4 Å². The van der Waals surface area contributed by atoms with Crippen LogP contribution in [-0.2, 0) is 14.8 Å². The van der Waals surface area contributed by atoms with E-state index in [-0.39, 0.29) is 28.8 Å². The highest BCUT2D eigenvalue weighted by Gasteiger charge is 2.25. The second kappa shape index (κ2) is 8.99. The predicted octanol–water partition coefficient (Wildman–Crippen LogP) is 2.92. The van der Waals surface area contributed by atoms with Gasteiger partial charge in [-0.05, 0) is 60.5 Å². The molecule has 1 atom stereocenters. The number of hydrogen-bond donors (Lipinski definition) is 1. The second-order valence-corrected chi connectivity index (χ2v) is 9.17. The number of benzene rings is 1. The SMILES string of the molecule is COC(=O)c1ccc(OC)c(S(=O)(=O)NCC(c2ccsc2)n2nc(C)cc2C)c1. The molecule has 2 aromatic heterocycles. The van der Waals surface area contributed by atoms with E-state index >= 15 is 0 Å². The number of aryl methyl sites for hydroxylation is 2. The summed E-state index contributed by atoms with van der Waals surface area (Å²) in [6.07, 6.45) is 0. The quantitative estimate of drug-likeness (QED) is 0.531. The Bertz CT molecular complexity index is 1140. The lowest BCUT2D eigenvalue weighted by Gasteiger charge is -2.20. The van der Waals surface area contributed by atoms with Crippen molar-refractivity contribution in [2.75, 3.05) is 20.8 Å². The molecule has 0 saturated carbocycles. The van der Waals surface area contributed by atoms with Crippen molar-refractivity contribution in [2.45, 2.75) is 24.8 Å². The topological polar surface area (TPSA) is 99.5 Å². The Morgan fingerprint density at radius 1 is 1.23 bits per heavy atom. The molecule has 0 spiro atoms. The van der Waals surface area contributed by atoms with Crippen molar-refractivity contribution in [1.82, 2.24) is 14.5 Å². The Balaban J connectivity index is 1.94. The molecule has 10 heteroatoms. The first-order valence-corrected chi connectivity index (χ1v) is 11.5. The second-order valence-electron chi connectivity index (χ2n) is 6.65. The lowest BCUT2D eigenvalue weighted by atomic mass is 10.1. The smallest absolute Gasteiger partial charge is 0.337 e. The number of carbonyl (C=O) groups is 1. The Labute approximate surface area is 179 Å². The fraction of sp³-hybridized carbons (Fsp3) is 0.300. The van der Waals surface area contributed by atoms with E-state index in [9.17, 15) is 13.2 Å². The number of methoxy groups -OCH3 is 2. The summed E-state index contributed by atoms with van der Waals surface area (Å²) < 4.78 is 40.5. The number of aromatic nitrogens is 2. The third-order valence-electron chi connectivity index (χ3n) is 4.61. The van der Waals surface area contributed by atoms with Crippen LogP contribution in [-0.4, -0.2) is 44.9 Å². The third kappa shape index (κ3) is 4.55. The zero-order valence-corrected chi connectivity index (χ0v) is 18.7. The Morgan fingerprint density at radius 3 is 2.57 bits per heavy atom. The molecular weight excluding hydrogens is 426 g/mol. The molecule has 0 aliphatic rings. The average Bonchev–Trinajstić information content (AvgIpc) is 3.37. The zero-order chi connectivity index (χ0) is 21.9. The maximum absolute atomic E-state index is 13.1. The van der Waals surface area contributed by atoms with Gasteiger partial charge in [0.05, 0.1) is 31.5 Å². The number of thiophene rings is 1. The van der Waals surface area contributed by atoms with Crippen molar-refractivity contribution < 1.29 is 22.7 Å². The third-order valence-corrected chi connectivity index (χ3v) is 6.75. The van der Waals surface area contributed by atoms with E-state index in [0.29, 0.717) is 0 Å². The van der Waals surface area contributed by atoms with E-state index < -0.39 is 16.0 Å². The van der Waals surface area contributed by atoms with Crippen molar-refractivity contribution in [3.8, 4) is 5.75 Å². The molecule has 1 N–H and O–H groups in total. The van der Waals surface area contributed by atoms with Crippen LogP contribution in [0.5, 0.6) is 5.75 Å². The van der Waals surface area contributed by atoms with Crippen LogP contribution in [0.3, 0.4) is 0 Å². The molecule has 0 aliphatic heterocycles. The Kier molecular flexibility index (Phi) is 6.59. The number of carbonyl (C=O) groups excluding carboxylic acids is 1. The van der Waals surface area contributed by atoms with Gasteiger partial charge in [-0.15, -0.1) is 0 Å². The van der Waals surface area contributed by atoms with Gasteiger partial charge in [-0.2, -0.15) is 16.4 Å². The van der Waals surface area contributed by atoms with Gasteiger partial charge in [0, 0.05) is 12.2 Å². The minimum absolute atomic E-state index is 0.0760. The van der Waals surface area contributed by atoms with Crippen LogP contribution in [0.25, 0.3) is 0 Å².